The van der Waals surface area contributed by atoms with Gasteiger partial charge in [0.25, 0.3) is 0 Å². The van der Waals surface area contributed by atoms with Gasteiger partial charge in [0.05, 0.1) is 16.6 Å². The van der Waals surface area contributed by atoms with E-state index >= 15 is 0 Å². The lowest BCUT2D eigenvalue weighted by molar-refractivity contribution is 0.242. The lowest BCUT2D eigenvalue weighted by atomic mass is 10.0. The summed E-state index contributed by atoms with van der Waals surface area (Å²) in [6.45, 7) is 3.92. The minimum Gasteiger partial charge on any atom is -0.491 e. The van der Waals surface area contributed by atoms with Crippen molar-refractivity contribution >= 4 is 34.1 Å². The number of hydrogen-bond donors (Lipinski definition) is 0. The van der Waals surface area contributed by atoms with E-state index in [0.29, 0.717) is 21.3 Å². The molecule has 0 saturated heterocycles. The van der Waals surface area contributed by atoms with Crippen LogP contribution in [0.1, 0.15) is 13.8 Å². The van der Waals surface area contributed by atoms with Gasteiger partial charge in [0, 0.05) is 17.0 Å². The molecule has 0 saturated carbocycles. The number of halogens is 3. The summed E-state index contributed by atoms with van der Waals surface area (Å²) < 4.78 is 19.0. The fourth-order valence-corrected chi connectivity index (χ4v) is 2.92. The molecular formula is C18H14Cl2FNO. The Morgan fingerprint density at radius 1 is 1.00 bits per heavy atom. The number of ether oxygens (including phenoxy) is 1. The van der Waals surface area contributed by atoms with Crippen molar-refractivity contribution in [1.82, 2.24) is 4.98 Å². The molecule has 0 aliphatic rings. The van der Waals surface area contributed by atoms with Crippen molar-refractivity contribution in [2.75, 3.05) is 0 Å². The molecule has 0 bridgehead atoms. The van der Waals surface area contributed by atoms with E-state index < -0.39 is 0 Å². The van der Waals surface area contributed by atoms with Gasteiger partial charge in [-0.25, -0.2) is 9.37 Å². The van der Waals surface area contributed by atoms with Crippen LogP contribution in [0.15, 0.2) is 42.5 Å². The zero-order valence-corrected chi connectivity index (χ0v) is 14.1. The molecule has 118 valence electrons. The van der Waals surface area contributed by atoms with E-state index in [1.165, 1.54) is 12.1 Å². The first-order valence-corrected chi connectivity index (χ1v) is 7.92. The molecule has 5 heteroatoms. The Morgan fingerprint density at radius 2 is 1.78 bits per heavy atom. The molecule has 0 amide bonds. The second-order valence-electron chi connectivity index (χ2n) is 5.46. The SMILES string of the molecule is CC(C)Oc1ccc2c(-c3ccc(F)cc3Cl)cc(Cl)nc2c1. The van der Waals surface area contributed by atoms with Gasteiger partial charge >= 0.3 is 0 Å². The van der Waals surface area contributed by atoms with Crippen molar-refractivity contribution in [3.8, 4) is 16.9 Å². The average Bonchev–Trinajstić information content (AvgIpc) is 2.45. The summed E-state index contributed by atoms with van der Waals surface area (Å²) >= 11 is 12.3. The number of hydrogen-bond acceptors (Lipinski definition) is 2. The molecular weight excluding hydrogens is 336 g/mol. The fourth-order valence-electron chi connectivity index (χ4n) is 2.45. The molecule has 3 rings (SSSR count). The summed E-state index contributed by atoms with van der Waals surface area (Å²) in [4.78, 5) is 4.35. The van der Waals surface area contributed by atoms with Crippen molar-refractivity contribution in [2.24, 2.45) is 0 Å². The first kappa shape index (κ1) is 16.0. The molecule has 0 radical (unpaired) electrons. The molecule has 0 aliphatic heterocycles. The molecule has 23 heavy (non-hydrogen) atoms. The van der Waals surface area contributed by atoms with Gasteiger partial charge in [0.2, 0.25) is 0 Å². The lowest BCUT2D eigenvalue weighted by Gasteiger charge is -2.13. The van der Waals surface area contributed by atoms with E-state index in [4.69, 9.17) is 27.9 Å². The summed E-state index contributed by atoms with van der Waals surface area (Å²) in [5.74, 6) is 0.342. The summed E-state index contributed by atoms with van der Waals surface area (Å²) in [5.41, 5.74) is 2.21. The van der Waals surface area contributed by atoms with Crippen LogP contribution in [0.25, 0.3) is 22.0 Å². The smallest absolute Gasteiger partial charge is 0.130 e. The van der Waals surface area contributed by atoms with E-state index in [9.17, 15) is 4.39 Å². The number of nitrogens with zero attached hydrogens (tertiary/aromatic N) is 1. The average molecular weight is 350 g/mol. The van der Waals surface area contributed by atoms with Crippen LogP contribution in [0.5, 0.6) is 5.75 Å². The minimum absolute atomic E-state index is 0.0673. The molecule has 0 atom stereocenters. The first-order valence-electron chi connectivity index (χ1n) is 7.16. The van der Waals surface area contributed by atoms with Gasteiger partial charge in [0.1, 0.15) is 16.7 Å². The third-order valence-corrected chi connectivity index (χ3v) is 3.85. The van der Waals surface area contributed by atoms with E-state index in [-0.39, 0.29) is 11.9 Å². The Morgan fingerprint density at radius 3 is 2.48 bits per heavy atom. The monoisotopic (exact) mass is 349 g/mol. The molecule has 0 unspecified atom stereocenters. The van der Waals surface area contributed by atoms with Crippen LogP contribution in [0.4, 0.5) is 4.39 Å². The zero-order valence-electron chi connectivity index (χ0n) is 12.6. The van der Waals surface area contributed by atoms with Gasteiger partial charge in [-0.05, 0) is 55.8 Å². The highest BCUT2D eigenvalue weighted by Crippen LogP contribution is 2.36. The molecule has 0 N–H and O–H groups in total. The zero-order chi connectivity index (χ0) is 16.6. The quantitative estimate of drug-likeness (QED) is 0.530. The summed E-state index contributed by atoms with van der Waals surface area (Å²) in [6, 6.07) is 11.6. The highest BCUT2D eigenvalue weighted by molar-refractivity contribution is 6.34. The van der Waals surface area contributed by atoms with E-state index in [1.54, 1.807) is 12.1 Å². The maximum absolute atomic E-state index is 13.3. The normalized spacial score (nSPS) is 11.2. The minimum atomic E-state index is -0.379. The molecule has 0 aliphatic carbocycles. The molecule has 0 fully saturated rings. The van der Waals surface area contributed by atoms with Gasteiger partial charge in [-0.15, -0.1) is 0 Å². The van der Waals surface area contributed by atoms with Gasteiger partial charge < -0.3 is 4.74 Å². The van der Waals surface area contributed by atoms with E-state index in [2.05, 4.69) is 4.98 Å². The second-order valence-corrected chi connectivity index (χ2v) is 6.26. The van der Waals surface area contributed by atoms with Crippen LogP contribution in [0.3, 0.4) is 0 Å². The maximum atomic E-state index is 13.3. The van der Waals surface area contributed by atoms with Crippen LogP contribution in [-0.4, -0.2) is 11.1 Å². The van der Waals surface area contributed by atoms with Crippen molar-refractivity contribution in [3.63, 3.8) is 0 Å². The van der Waals surface area contributed by atoms with Crippen molar-refractivity contribution in [3.05, 3.63) is 58.5 Å². The Bertz CT molecular complexity index is 880. The van der Waals surface area contributed by atoms with E-state index in [0.717, 1.165) is 16.7 Å². The Hall–Kier alpha value is -1.84. The Labute approximate surface area is 143 Å². The first-order chi connectivity index (χ1) is 10.9. The van der Waals surface area contributed by atoms with Crippen molar-refractivity contribution in [2.45, 2.75) is 20.0 Å². The highest BCUT2D eigenvalue weighted by atomic mass is 35.5. The topological polar surface area (TPSA) is 22.1 Å². The Balaban J connectivity index is 2.20. The highest BCUT2D eigenvalue weighted by Gasteiger charge is 2.12. The van der Waals surface area contributed by atoms with Crippen molar-refractivity contribution < 1.29 is 9.13 Å². The number of fused-ring (bicyclic) bond motifs is 1. The van der Waals surface area contributed by atoms with Crippen molar-refractivity contribution in [1.29, 1.82) is 0 Å². The van der Waals surface area contributed by atoms with Crippen LogP contribution in [-0.2, 0) is 0 Å². The van der Waals surface area contributed by atoms with Crippen LogP contribution in [0.2, 0.25) is 10.2 Å². The van der Waals surface area contributed by atoms with Gasteiger partial charge in [-0.3, -0.25) is 0 Å². The number of rotatable bonds is 3. The maximum Gasteiger partial charge on any atom is 0.130 e. The predicted octanol–water partition coefficient (Wildman–Crippen LogP) is 6.13. The largest absolute Gasteiger partial charge is 0.491 e. The summed E-state index contributed by atoms with van der Waals surface area (Å²) in [6.07, 6.45) is 0.0673. The van der Waals surface area contributed by atoms with Crippen LogP contribution < -0.4 is 4.74 Å². The second kappa shape index (κ2) is 6.34. The van der Waals surface area contributed by atoms with Gasteiger partial charge in [-0.1, -0.05) is 23.2 Å². The van der Waals surface area contributed by atoms with Crippen LogP contribution in [0, 0.1) is 5.82 Å². The molecule has 1 heterocycles. The Kier molecular flexibility index (Phi) is 4.42. The molecule has 2 nitrogen and oxygen atoms in total. The third-order valence-electron chi connectivity index (χ3n) is 3.34. The third kappa shape index (κ3) is 3.41. The van der Waals surface area contributed by atoms with E-state index in [1.807, 2.05) is 32.0 Å². The fraction of sp³-hybridized carbons (Fsp3) is 0.167. The molecule has 3 aromatic rings. The number of pyridine rings is 1. The number of benzene rings is 2. The summed E-state index contributed by atoms with van der Waals surface area (Å²) in [5, 5.41) is 1.55. The standard InChI is InChI=1S/C18H14Cl2FNO/c1-10(2)23-12-4-6-14-15(9-18(20)22-17(14)8-12)13-5-3-11(21)7-16(13)19/h3-10H,1-2H3. The molecule has 0 spiro atoms. The molecule has 2 aromatic carbocycles. The molecule has 1 aromatic heterocycles. The van der Waals surface area contributed by atoms with Gasteiger partial charge in [0.15, 0.2) is 0 Å². The lowest BCUT2D eigenvalue weighted by Crippen LogP contribution is -2.05. The summed E-state index contributed by atoms with van der Waals surface area (Å²) in [7, 11) is 0. The number of aromatic nitrogens is 1. The predicted molar refractivity (Wildman–Crippen MR) is 92.9 cm³/mol. The van der Waals surface area contributed by atoms with Gasteiger partial charge in [-0.2, -0.15) is 0 Å². The van der Waals surface area contributed by atoms with Crippen LogP contribution >= 0.6 is 23.2 Å².